The van der Waals surface area contributed by atoms with E-state index in [9.17, 15) is 19.8 Å². The van der Waals surface area contributed by atoms with E-state index in [2.05, 4.69) is 9.88 Å². The van der Waals surface area contributed by atoms with E-state index in [4.69, 9.17) is 4.74 Å². The molecule has 0 spiro atoms. The number of aromatic hydroxyl groups is 1. The average Bonchev–Trinajstić information content (AvgIpc) is 3.36. The molecule has 9 nitrogen and oxygen atoms in total. The molecule has 1 unspecified atom stereocenters. The van der Waals surface area contributed by atoms with Crippen LogP contribution in [0.15, 0.2) is 42.1 Å². The minimum absolute atomic E-state index is 0.0261. The Kier molecular flexibility index (Phi) is 7.54. The summed E-state index contributed by atoms with van der Waals surface area (Å²) in [6.45, 7) is 12.4. The first-order valence-electron chi connectivity index (χ1n) is 12.6. The summed E-state index contributed by atoms with van der Waals surface area (Å²) < 4.78 is 7.42. The monoisotopic (exact) mass is 506 g/mol. The topological polar surface area (TPSA) is 108 Å². The summed E-state index contributed by atoms with van der Waals surface area (Å²) in [6, 6.07) is 7.69. The van der Waals surface area contributed by atoms with Crippen molar-refractivity contribution < 1.29 is 24.5 Å². The number of aliphatic hydroxyl groups excluding tert-OH is 1. The van der Waals surface area contributed by atoms with Crippen molar-refractivity contribution in [3.63, 3.8) is 0 Å². The van der Waals surface area contributed by atoms with Crippen molar-refractivity contribution in [2.24, 2.45) is 0 Å². The van der Waals surface area contributed by atoms with E-state index >= 15 is 0 Å². The summed E-state index contributed by atoms with van der Waals surface area (Å²) in [5, 5.41) is 21.8. The van der Waals surface area contributed by atoms with E-state index < -0.39 is 17.7 Å². The Labute approximate surface area is 216 Å². The van der Waals surface area contributed by atoms with Crippen LogP contribution in [0.2, 0.25) is 0 Å². The fraction of sp³-hybridized carbons (Fsp3) is 0.393. The van der Waals surface area contributed by atoms with Gasteiger partial charge in [-0.15, -0.1) is 0 Å². The Balaban J connectivity index is 1.90. The lowest BCUT2D eigenvalue weighted by molar-refractivity contribution is -0.140. The van der Waals surface area contributed by atoms with E-state index in [1.165, 1.54) is 11.0 Å². The van der Waals surface area contributed by atoms with Crippen LogP contribution in [-0.2, 0) is 9.59 Å². The van der Waals surface area contributed by atoms with Crippen LogP contribution in [0.25, 0.3) is 11.4 Å². The van der Waals surface area contributed by atoms with Crippen LogP contribution in [0, 0.1) is 13.8 Å². The molecule has 1 aliphatic heterocycles. The second-order valence-electron chi connectivity index (χ2n) is 9.11. The number of aliphatic hydroxyl groups is 1. The Morgan fingerprint density at radius 2 is 1.86 bits per heavy atom. The Bertz CT molecular complexity index is 1370. The molecule has 1 aliphatic rings. The van der Waals surface area contributed by atoms with E-state index in [0.29, 0.717) is 36.6 Å². The maximum Gasteiger partial charge on any atom is 0.295 e. The number of carbonyl (C=O) groups is 2. The molecule has 0 saturated carbocycles. The van der Waals surface area contributed by atoms with Crippen molar-refractivity contribution in [1.29, 1.82) is 0 Å². The molecule has 9 heteroatoms. The first-order valence-corrected chi connectivity index (χ1v) is 12.6. The maximum atomic E-state index is 13.4. The molecule has 1 atom stereocenters. The quantitative estimate of drug-likeness (QED) is 0.258. The molecule has 1 saturated heterocycles. The van der Waals surface area contributed by atoms with Crippen molar-refractivity contribution in [2.45, 2.75) is 40.7 Å². The number of pyridine rings is 1. The zero-order valence-corrected chi connectivity index (χ0v) is 22.0. The zero-order valence-electron chi connectivity index (χ0n) is 22.0. The number of hydrogen-bond acceptors (Lipinski definition) is 7. The van der Waals surface area contributed by atoms with Gasteiger partial charge in [-0.3, -0.25) is 9.59 Å². The zero-order chi connectivity index (χ0) is 26.9. The lowest BCUT2D eigenvalue weighted by Gasteiger charge is -2.28. The van der Waals surface area contributed by atoms with Gasteiger partial charge in [-0.1, -0.05) is 26.0 Å². The highest BCUT2D eigenvalue weighted by Gasteiger charge is 2.46. The van der Waals surface area contributed by atoms with Gasteiger partial charge in [0, 0.05) is 19.3 Å². The summed E-state index contributed by atoms with van der Waals surface area (Å²) in [5.41, 5.74) is 3.02. The molecule has 4 rings (SSSR count). The molecule has 3 aromatic rings. The summed E-state index contributed by atoms with van der Waals surface area (Å²) >= 11 is 0. The number of aromatic nitrogens is 2. The Morgan fingerprint density at radius 3 is 2.51 bits per heavy atom. The standard InChI is InChI=1S/C28H34N4O5/c1-6-30(7-2)14-15-32-24(19-11-12-20(33)21(16-19)37-8-3)22(26(35)28(32)36)25(34)23-18(5)31-13-9-10-17(4)27(31)29-23/h9-13,16,24,33-34H,6-8,14-15H2,1-5H3. The molecule has 0 bridgehead atoms. The SMILES string of the molecule is CCOc1cc(C2C(=C(O)c3nc4c(C)cccn4c3C)C(=O)C(=O)N2CCN(CC)CC)ccc1O. The fourth-order valence-corrected chi connectivity index (χ4v) is 4.89. The largest absolute Gasteiger partial charge is 0.505 e. The third-order valence-corrected chi connectivity index (χ3v) is 7.00. The van der Waals surface area contributed by atoms with Gasteiger partial charge < -0.3 is 29.2 Å². The molecule has 1 amide bonds. The number of phenols is 1. The molecule has 2 N–H and O–H groups in total. The molecule has 196 valence electrons. The van der Waals surface area contributed by atoms with Gasteiger partial charge in [0.2, 0.25) is 0 Å². The lowest BCUT2D eigenvalue weighted by atomic mass is 9.96. The van der Waals surface area contributed by atoms with Crippen LogP contribution in [0.5, 0.6) is 11.5 Å². The fourth-order valence-electron chi connectivity index (χ4n) is 4.89. The van der Waals surface area contributed by atoms with Crippen molar-refractivity contribution in [3.05, 3.63) is 64.6 Å². The highest BCUT2D eigenvalue weighted by atomic mass is 16.5. The number of likely N-dealkylation sites (tertiary alicyclic amines) is 1. The highest BCUT2D eigenvalue weighted by Crippen LogP contribution is 2.42. The molecular weight excluding hydrogens is 472 g/mol. The number of phenolic OH excluding ortho intramolecular Hbond substituents is 1. The summed E-state index contributed by atoms with van der Waals surface area (Å²) in [4.78, 5) is 35.0. The van der Waals surface area contributed by atoms with Gasteiger partial charge in [-0.25, -0.2) is 4.98 Å². The van der Waals surface area contributed by atoms with Gasteiger partial charge >= 0.3 is 0 Å². The Hall–Kier alpha value is -3.85. The second kappa shape index (κ2) is 10.6. The van der Waals surface area contributed by atoms with Crippen molar-refractivity contribution in [1.82, 2.24) is 19.2 Å². The minimum atomic E-state index is -0.860. The number of ketones is 1. The predicted molar refractivity (Wildman–Crippen MR) is 141 cm³/mol. The first kappa shape index (κ1) is 26.2. The number of Topliss-reactive ketones (excluding diaryl/α,β-unsaturated/α-hetero) is 1. The second-order valence-corrected chi connectivity index (χ2v) is 9.11. The number of likely N-dealkylation sites (N-methyl/N-ethyl adjacent to an activating group) is 1. The van der Waals surface area contributed by atoms with Crippen LogP contribution in [0.3, 0.4) is 0 Å². The maximum absolute atomic E-state index is 13.4. The van der Waals surface area contributed by atoms with Crippen LogP contribution in [0.4, 0.5) is 0 Å². The number of hydrogen-bond donors (Lipinski definition) is 2. The lowest BCUT2D eigenvalue weighted by Crippen LogP contribution is -2.38. The number of aryl methyl sites for hydroxylation is 2. The third kappa shape index (κ3) is 4.67. The number of nitrogens with zero attached hydrogens (tertiary/aromatic N) is 4. The summed E-state index contributed by atoms with van der Waals surface area (Å²) in [6.07, 6.45) is 1.84. The molecule has 1 aromatic carbocycles. The first-order chi connectivity index (χ1) is 17.7. The van der Waals surface area contributed by atoms with E-state index in [-0.39, 0.29) is 28.5 Å². The number of rotatable bonds is 9. The number of benzene rings is 1. The predicted octanol–water partition coefficient (Wildman–Crippen LogP) is 3.82. The molecular formula is C28H34N4O5. The number of fused-ring (bicyclic) bond motifs is 1. The van der Waals surface area contributed by atoms with Gasteiger partial charge in [0.1, 0.15) is 11.3 Å². The van der Waals surface area contributed by atoms with Crippen molar-refractivity contribution in [3.8, 4) is 11.5 Å². The molecule has 37 heavy (non-hydrogen) atoms. The van der Waals surface area contributed by atoms with Gasteiger partial charge in [0.15, 0.2) is 17.3 Å². The van der Waals surface area contributed by atoms with E-state index in [0.717, 1.165) is 18.7 Å². The minimum Gasteiger partial charge on any atom is -0.505 e. The van der Waals surface area contributed by atoms with E-state index in [1.807, 2.05) is 50.4 Å². The van der Waals surface area contributed by atoms with E-state index in [1.54, 1.807) is 19.1 Å². The summed E-state index contributed by atoms with van der Waals surface area (Å²) in [7, 11) is 0. The number of imidazole rings is 1. The van der Waals surface area contributed by atoms with Gasteiger partial charge in [-0.05, 0) is 63.2 Å². The molecule has 0 aliphatic carbocycles. The molecule has 3 heterocycles. The van der Waals surface area contributed by atoms with Crippen LogP contribution >= 0.6 is 0 Å². The van der Waals surface area contributed by atoms with Crippen LogP contribution in [0.1, 0.15) is 49.3 Å². The van der Waals surface area contributed by atoms with Crippen LogP contribution < -0.4 is 4.74 Å². The average molecular weight is 507 g/mol. The van der Waals surface area contributed by atoms with Gasteiger partial charge in [0.05, 0.1) is 23.9 Å². The van der Waals surface area contributed by atoms with Gasteiger partial charge in [0.25, 0.3) is 11.7 Å². The van der Waals surface area contributed by atoms with Crippen LogP contribution in [-0.4, -0.2) is 73.9 Å². The highest BCUT2D eigenvalue weighted by molar-refractivity contribution is 6.46. The van der Waals surface area contributed by atoms with Gasteiger partial charge in [-0.2, -0.15) is 0 Å². The van der Waals surface area contributed by atoms with Crippen molar-refractivity contribution >= 4 is 23.1 Å². The molecule has 0 radical (unpaired) electrons. The Morgan fingerprint density at radius 1 is 1.14 bits per heavy atom. The summed E-state index contributed by atoms with van der Waals surface area (Å²) in [5.74, 6) is -1.56. The number of carbonyl (C=O) groups excluding carboxylic acids is 2. The molecule has 2 aromatic heterocycles. The van der Waals surface area contributed by atoms with Crippen molar-refractivity contribution in [2.75, 3.05) is 32.8 Å². The normalized spacial score (nSPS) is 17.4. The third-order valence-electron chi connectivity index (χ3n) is 7.00. The molecule has 1 fully saturated rings. The number of ether oxygens (including phenoxy) is 1. The smallest absolute Gasteiger partial charge is 0.295 e. The number of amides is 1.